The molecule has 2 unspecified atom stereocenters. The highest BCUT2D eigenvalue weighted by Crippen LogP contribution is 2.53. The number of alkyl halides is 3. The molecule has 0 bridgehead atoms. The van der Waals surface area contributed by atoms with Crippen LogP contribution < -0.4 is 0 Å². The summed E-state index contributed by atoms with van der Waals surface area (Å²) in [5, 5.41) is 0. The predicted octanol–water partition coefficient (Wildman–Crippen LogP) is 3.54. The second kappa shape index (κ2) is 2.98. The fourth-order valence-corrected chi connectivity index (χ4v) is 2.15. The highest BCUT2D eigenvalue weighted by atomic mass is 35.5. The van der Waals surface area contributed by atoms with Gasteiger partial charge in [0, 0.05) is 0 Å². The second-order valence-electron chi connectivity index (χ2n) is 2.77. The van der Waals surface area contributed by atoms with E-state index in [1.165, 1.54) is 0 Å². The normalized spacial score (nSPS) is 39.6. The fraction of sp³-hybridized carbons (Fsp3) is 1.00. The molecule has 1 aliphatic carbocycles. The molecule has 10 heavy (non-hydrogen) atoms. The Morgan fingerprint density at radius 2 is 1.50 bits per heavy atom. The summed E-state index contributed by atoms with van der Waals surface area (Å²) in [4.78, 5) is 0. The summed E-state index contributed by atoms with van der Waals surface area (Å²) in [7, 11) is 2.53. The van der Waals surface area contributed by atoms with Gasteiger partial charge >= 0.3 is 0 Å². The van der Waals surface area contributed by atoms with Crippen molar-refractivity contribution in [3.63, 3.8) is 0 Å². The van der Waals surface area contributed by atoms with E-state index >= 15 is 0 Å². The minimum atomic E-state index is -0.753. The van der Waals surface area contributed by atoms with Crippen LogP contribution in [0.2, 0.25) is 0 Å². The number of hydrogen-bond acceptors (Lipinski definition) is 0. The van der Waals surface area contributed by atoms with Crippen molar-refractivity contribution in [3.8, 4) is 0 Å². The summed E-state index contributed by atoms with van der Waals surface area (Å²) in [6.45, 7) is 0. The van der Waals surface area contributed by atoms with Crippen LogP contribution in [0.1, 0.15) is 25.7 Å². The van der Waals surface area contributed by atoms with Crippen LogP contribution in [0.5, 0.6) is 0 Å². The molecule has 60 valence electrons. The van der Waals surface area contributed by atoms with Crippen LogP contribution >= 0.6 is 44.0 Å². The third kappa shape index (κ3) is 1.72. The molecule has 0 nitrogen and oxygen atoms in total. The van der Waals surface area contributed by atoms with Crippen LogP contribution in [0.3, 0.4) is 0 Å². The molecule has 1 saturated carbocycles. The van der Waals surface area contributed by atoms with Crippen LogP contribution in [0.15, 0.2) is 0 Å². The van der Waals surface area contributed by atoms with E-state index in [0.29, 0.717) is 0 Å². The van der Waals surface area contributed by atoms with Crippen LogP contribution in [0, 0.1) is 0 Å². The number of rotatable bonds is 0. The van der Waals surface area contributed by atoms with Crippen LogP contribution in [-0.4, -0.2) is 8.95 Å². The van der Waals surface area contributed by atoms with E-state index in [2.05, 4.69) is 9.24 Å². The van der Waals surface area contributed by atoms with Gasteiger partial charge in [0.1, 0.15) is 4.33 Å². The zero-order chi connectivity index (χ0) is 7.83. The Kier molecular flexibility index (Phi) is 2.79. The first-order valence-corrected chi connectivity index (χ1v) is 5.02. The summed E-state index contributed by atoms with van der Waals surface area (Å²) in [6.07, 6.45) is 3.87. The average Bonchev–Trinajstić information content (AvgIpc) is 1.77. The highest BCUT2D eigenvalue weighted by Gasteiger charge is 2.46. The Balaban J connectivity index is 2.70. The van der Waals surface area contributed by atoms with Gasteiger partial charge in [-0.15, -0.1) is 20.8 Å². The molecule has 0 spiro atoms. The van der Waals surface area contributed by atoms with E-state index in [4.69, 9.17) is 34.8 Å². The molecule has 1 fully saturated rings. The van der Waals surface area contributed by atoms with E-state index in [9.17, 15) is 0 Å². The van der Waals surface area contributed by atoms with Crippen molar-refractivity contribution in [2.45, 2.75) is 34.6 Å². The van der Waals surface area contributed by atoms with Crippen molar-refractivity contribution in [3.05, 3.63) is 0 Å². The quantitative estimate of drug-likeness (QED) is 0.432. The van der Waals surface area contributed by atoms with E-state index in [0.717, 1.165) is 25.7 Å². The van der Waals surface area contributed by atoms with Gasteiger partial charge in [0.25, 0.3) is 0 Å². The molecule has 0 aromatic rings. The van der Waals surface area contributed by atoms with E-state index < -0.39 is 8.95 Å². The zero-order valence-corrected chi connectivity index (χ0v) is 8.96. The first kappa shape index (κ1) is 9.39. The van der Waals surface area contributed by atoms with Gasteiger partial charge in [0.2, 0.25) is 0 Å². The maximum atomic E-state index is 6.06. The third-order valence-corrected chi connectivity index (χ3v) is 4.79. The van der Waals surface area contributed by atoms with Crippen molar-refractivity contribution in [1.82, 2.24) is 0 Å². The molecule has 0 heterocycles. The minimum Gasteiger partial charge on any atom is -0.112 e. The number of hydrogen-bond donors (Lipinski definition) is 0. The molecule has 0 N–H and O–H groups in total. The fourth-order valence-electron chi connectivity index (χ4n) is 1.12. The van der Waals surface area contributed by atoms with Crippen molar-refractivity contribution in [2.75, 3.05) is 0 Å². The molecule has 4 heteroatoms. The monoisotopic (exact) mass is 218 g/mol. The Morgan fingerprint density at radius 1 is 1.00 bits per heavy atom. The molecule has 1 aliphatic rings. The Bertz CT molecular complexity index is 117. The molecule has 0 radical (unpaired) electrons. The topological polar surface area (TPSA) is 0 Å². The molecule has 0 aromatic heterocycles. The molecule has 2 atom stereocenters. The molecule has 0 aliphatic heterocycles. The largest absolute Gasteiger partial charge is 0.140 e. The number of halogens is 3. The van der Waals surface area contributed by atoms with Crippen molar-refractivity contribution in [1.29, 1.82) is 0 Å². The summed E-state index contributed by atoms with van der Waals surface area (Å²) in [5.41, 5.74) is 0. The summed E-state index contributed by atoms with van der Waals surface area (Å²) in [6, 6.07) is 0. The van der Waals surface area contributed by atoms with Crippen molar-refractivity contribution in [2.24, 2.45) is 0 Å². The van der Waals surface area contributed by atoms with Gasteiger partial charge in [-0.3, -0.25) is 0 Å². The standard InChI is InChI=1S/C6H10Cl3P/c7-5(8)3-1-2-4-6(5,9)10/h1-4,10H2. The maximum absolute atomic E-state index is 6.06. The van der Waals surface area contributed by atoms with Crippen LogP contribution in [0.4, 0.5) is 0 Å². The maximum Gasteiger partial charge on any atom is 0.140 e. The second-order valence-corrected chi connectivity index (χ2v) is 6.28. The summed E-state index contributed by atoms with van der Waals surface area (Å²) >= 11 is 18.0. The molecular weight excluding hydrogens is 209 g/mol. The van der Waals surface area contributed by atoms with Gasteiger partial charge in [0.15, 0.2) is 0 Å². The van der Waals surface area contributed by atoms with Crippen molar-refractivity contribution < 1.29 is 0 Å². The Hall–Kier alpha value is 1.30. The van der Waals surface area contributed by atoms with E-state index in [1.54, 1.807) is 0 Å². The van der Waals surface area contributed by atoms with E-state index in [1.807, 2.05) is 0 Å². The van der Waals surface area contributed by atoms with Gasteiger partial charge in [0.05, 0.1) is 4.62 Å². The minimum absolute atomic E-state index is 0.506. The SMILES string of the molecule is PC1(Cl)CCCCC1(Cl)Cl. The van der Waals surface area contributed by atoms with Gasteiger partial charge in [-0.1, -0.05) is 36.0 Å². The smallest absolute Gasteiger partial charge is 0.112 e. The van der Waals surface area contributed by atoms with Gasteiger partial charge < -0.3 is 0 Å². The predicted molar refractivity (Wildman–Crippen MR) is 51.2 cm³/mol. The molecule has 1 rings (SSSR count). The van der Waals surface area contributed by atoms with Gasteiger partial charge in [-0.25, -0.2) is 0 Å². The first-order chi connectivity index (χ1) is 4.46. The third-order valence-electron chi connectivity index (χ3n) is 1.89. The lowest BCUT2D eigenvalue weighted by Crippen LogP contribution is -2.38. The van der Waals surface area contributed by atoms with Gasteiger partial charge in [-0.2, -0.15) is 0 Å². The molecular formula is C6H10Cl3P. The van der Waals surface area contributed by atoms with Crippen LogP contribution in [-0.2, 0) is 0 Å². The van der Waals surface area contributed by atoms with Crippen LogP contribution in [0.25, 0.3) is 0 Å². The first-order valence-electron chi connectivity index (χ1n) is 3.31. The Labute approximate surface area is 78.8 Å². The zero-order valence-electron chi connectivity index (χ0n) is 5.54. The molecule has 0 aromatic carbocycles. The summed E-state index contributed by atoms with van der Waals surface area (Å²) < 4.78 is -1.26. The average molecular weight is 219 g/mol. The lowest BCUT2D eigenvalue weighted by Gasteiger charge is -2.38. The van der Waals surface area contributed by atoms with Crippen molar-refractivity contribution >= 4 is 44.0 Å². The summed E-state index contributed by atoms with van der Waals surface area (Å²) in [5.74, 6) is 0. The highest BCUT2D eigenvalue weighted by molar-refractivity contribution is 7.23. The molecule has 0 amide bonds. The molecule has 0 saturated heterocycles. The lowest BCUT2D eigenvalue weighted by atomic mass is 9.98. The lowest BCUT2D eigenvalue weighted by molar-refractivity contribution is 0.459. The van der Waals surface area contributed by atoms with E-state index in [-0.39, 0.29) is 0 Å². The van der Waals surface area contributed by atoms with Gasteiger partial charge in [-0.05, 0) is 12.8 Å². The Morgan fingerprint density at radius 3 is 1.80 bits per heavy atom.